The van der Waals surface area contributed by atoms with Gasteiger partial charge in [-0.25, -0.2) is 0 Å². The molecule has 0 bridgehead atoms. The lowest BCUT2D eigenvalue weighted by Crippen LogP contribution is -2.50. The van der Waals surface area contributed by atoms with Crippen LogP contribution in [0, 0.1) is 6.92 Å². The molecule has 0 spiro atoms. The number of carbonyl (C=O) groups is 1. The number of amides is 1. The van der Waals surface area contributed by atoms with Gasteiger partial charge in [0.15, 0.2) is 5.69 Å². The molecule has 1 aliphatic rings. The van der Waals surface area contributed by atoms with Gasteiger partial charge in [0.2, 0.25) is 5.91 Å². The van der Waals surface area contributed by atoms with Gasteiger partial charge in [0, 0.05) is 13.1 Å². The number of carbonyl (C=O) groups excluding carboxylic acids is 1. The standard InChI is InChI=1S/C14H19BrF3N3O2/c1-7-5-20(6-8(2)23-7)13(22)10(4)21-9(3)11(15)12(19-21)14(16,17)18/h7-8,10H,5-6H2,1-4H3. The van der Waals surface area contributed by atoms with Crippen LogP contribution in [0.2, 0.25) is 0 Å². The lowest BCUT2D eigenvalue weighted by molar-refractivity contribution is -0.147. The van der Waals surface area contributed by atoms with Crippen LogP contribution in [-0.2, 0) is 15.7 Å². The van der Waals surface area contributed by atoms with Crippen molar-refractivity contribution in [2.75, 3.05) is 13.1 Å². The van der Waals surface area contributed by atoms with E-state index >= 15 is 0 Å². The number of ether oxygens (including phenoxy) is 1. The van der Waals surface area contributed by atoms with Crippen molar-refractivity contribution in [1.29, 1.82) is 0 Å². The van der Waals surface area contributed by atoms with Gasteiger partial charge in [0.1, 0.15) is 6.04 Å². The monoisotopic (exact) mass is 397 g/mol. The second-order valence-corrected chi connectivity index (χ2v) is 6.66. The fourth-order valence-electron chi connectivity index (χ4n) is 2.78. The Morgan fingerprint density at radius 3 is 2.30 bits per heavy atom. The highest BCUT2D eigenvalue weighted by Crippen LogP contribution is 2.36. The molecule has 0 N–H and O–H groups in total. The van der Waals surface area contributed by atoms with E-state index in [9.17, 15) is 18.0 Å². The third-order valence-electron chi connectivity index (χ3n) is 3.80. The number of nitrogens with zero attached hydrogens (tertiary/aromatic N) is 3. The van der Waals surface area contributed by atoms with Crippen molar-refractivity contribution >= 4 is 21.8 Å². The minimum atomic E-state index is -4.57. The summed E-state index contributed by atoms with van der Waals surface area (Å²) in [7, 11) is 0. The van der Waals surface area contributed by atoms with Crippen LogP contribution in [0.3, 0.4) is 0 Å². The van der Waals surface area contributed by atoms with Crippen molar-refractivity contribution < 1.29 is 22.7 Å². The van der Waals surface area contributed by atoms with Crippen molar-refractivity contribution in [3.8, 4) is 0 Å². The number of hydrogen-bond acceptors (Lipinski definition) is 3. The van der Waals surface area contributed by atoms with Crippen LogP contribution in [0.1, 0.15) is 38.2 Å². The first-order chi connectivity index (χ1) is 10.5. The number of hydrogen-bond donors (Lipinski definition) is 0. The van der Waals surface area contributed by atoms with Gasteiger partial charge in [-0.2, -0.15) is 18.3 Å². The number of rotatable bonds is 2. The zero-order valence-electron chi connectivity index (χ0n) is 13.3. The highest BCUT2D eigenvalue weighted by Gasteiger charge is 2.39. The van der Waals surface area contributed by atoms with Gasteiger partial charge in [-0.3, -0.25) is 9.48 Å². The van der Waals surface area contributed by atoms with Gasteiger partial charge < -0.3 is 9.64 Å². The fourth-order valence-corrected chi connectivity index (χ4v) is 3.27. The van der Waals surface area contributed by atoms with Crippen molar-refractivity contribution in [2.45, 2.75) is 52.1 Å². The number of halogens is 4. The molecule has 23 heavy (non-hydrogen) atoms. The Morgan fingerprint density at radius 2 is 1.87 bits per heavy atom. The smallest absolute Gasteiger partial charge is 0.372 e. The number of morpholine rings is 1. The number of aromatic nitrogens is 2. The summed E-state index contributed by atoms with van der Waals surface area (Å²) in [6.45, 7) is 7.61. The Labute approximate surface area is 140 Å². The molecule has 9 heteroatoms. The van der Waals surface area contributed by atoms with Crippen molar-refractivity contribution in [3.05, 3.63) is 15.9 Å². The Bertz CT molecular complexity index is 593. The first-order valence-corrected chi connectivity index (χ1v) is 8.07. The van der Waals surface area contributed by atoms with Crippen LogP contribution in [0.25, 0.3) is 0 Å². The summed E-state index contributed by atoms with van der Waals surface area (Å²) in [6, 6.07) is -0.820. The molecule has 1 saturated heterocycles. The molecule has 130 valence electrons. The molecule has 0 radical (unpaired) electrons. The van der Waals surface area contributed by atoms with Crippen LogP contribution in [0.5, 0.6) is 0 Å². The maximum atomic E-state index is 12.9. The minimum absolute atomic E-state index is 0.105. The van der Waals surface area contributed by atoms with Gasteiger partial charge in [0.25, 0.3) is 0 Å². The summed E-state index contributed by atoms with van der Waals surface area (Å²) in [4.78, 5) is 14.2. The molecule has 1 amide bonds. The predicted octanol–water partition coefficient (Wildman–Crippen LogP) is 3.17. The van der Waals surface area contributed by atoms with E-state index in [4.69, 9.17) is 4.74 Å². The molecule has 0 aromatic carbocycles. The quantitative estimate of drug-likeness (QED) is 0.769. The van der Waals surface area contributed by atoms with Crippen molar-refractivity contribution in [2.24, 2.45) is 0 Å². The summed E-state index contributed by atoms with van der Waals surface area (Å²) in [5.41, 5.74) is -0.745. The van der Waals surface area contributed by atoms with E-state index in [2.05, 4.69) is 21.0 Å². The van der Waals surface area contributed by atoms with Crippen LogP contribution >= 0.6 is 15.9 Å². The Kier molecular flexibility index (Phi) is 5.10. The third-order valence-corrected chi connectivity index (χ3v) is 4.75. The first kappa shape index (κ1) is 18.3. The molecule has 2 heterocycles. The van der Waals surface area contributed by atoms with Gasteiger partial charge in [-0.05, 0) is 43.6 Å². The molecule has 2 rings (SSSR count). The van der Waals surface area contributed by atoms with Gasteiger partial charge >= 0.3 is 6.18 Å². The maximum Gasteiger partial charge on any atom is 0.436 e. The number of alkyl halides is 3. The third kappa shape index (κ3) is 3.71. The van der Waals surface area contributed by atoms with E-state index in [0.29, 0.717) is 13.1 Å². The first-order valence-electron chi connectivity index (χ1n) is 7.28. The lowest BCUT2D eigenvalue weighted by Gasteiger charge is -2.36. The Hall–Kier alpha value is -1.09. The minimum Gasteiger partial charge on any atom is -0.372 e. The van der Waals surface area contributed by atoms with E-state index in [1.165, 1.54) is 6.92 Å². The SMILES string of the molecule is Cc1c(Br)c(C(F)(F)F)nn1C(C)C(=O)N1CC(C)OC(C)C1. The van der Waals surface area contributed by atoms with Gasteiger partial charge in [-0.15, -0.1) is 0 Å². The molecule has 1 aromatic heterocycles. The van der Waals surface area contributed by atoms with Gasteiger partial charge in [0.05, 0.1) is 22.4 Å². The largest absolute Gasteiger partial charge is 0.436 e. The summed E-state index contributed by atoms with van der Waals surface area (Å²) in [5, 5.41) is 3.60. The molecule has 1 fully saturated rings. The fraction of sp³-hybridized carbons (Fsp3) is 0.714. The van der Waals surface area contributed by atoms with E-state index in [0.717, 1.165) is 4.68 Å². The normalized spacial score (nSPS) is 23.9. The average molecular weight is 398 g/mol. The second kappa shape index (κ2) is 6.43. The molecular weight excluding hydrogens is 379 g/mol. The summed E-state index contributed by atoms with van der Waals surface area (Å²) in [6.07, 6.45) is -4.78. The Balaban J connectivity index is 2.26. The molecule has 3 unspecified atom stereocenters. The van der Waals surface area contributed by atoms with Gasteiger partial charge in [-0.1, -0.05) is 0 Å². The lowest BCUT2D eigenvalue weighted by atomic mass is 10.2. The van der Waals surface area contributed by atoms with Crippen LogP contribution in [0.4, 0.5) is 13.2 Å². The van der Waals surface area contributed by atoms with Crippen molar-refractivity contribution in [1.82, 2.24) is 14.7 Å². The zero-order chi connectivity index (χ0) is 17.5. The topological polar surface area (TPSA) is 47.4 Å². The molecule has 0 saturated carbocycles. The van der Waals surface area contributed by atoms with E-state index in [-0.39, 0.29) is 28.3 Å². The Morgan fingerprint density at radius 1 is 1.35 bits per heavy atom. The summed E-state index contributed by atoms with van der Waals surface area (Å²) >= 11 is 2.92. The molecule has 0 aliphatic carbocycles. The second-order valence-electron chi connectivity index (χ2n) is 5.87. The van der Waals surface area contributed by atoms with Crippen LogP contribution in [-0.4, -0.2) is 45.9 Å². The van der Waals surface area contributed by atoms with E-state index < -0.39 is 17.9 Å². The summed E-state index contributed by atoms with van der Waals surface area (Å²) in [5.74, 6) is -0.265. The van der Waals surface area contributed by atoms with E-state index in [1.807, 2.05) is 13.8 Å². The molecule has 1 aromatic rings. The molecule has 5 nitrogen and oxygen atoms in total. The molecule has 1 aliphatic heterocycles. The predicted molar refractivity (Wildman–Crippen MR) is 81.0 cm³/mol. The molecule has 3 atom stereocenters. The maximum absolute atomic E-state index is 12.9. The summed E-state index contributed by atoms with van der Waals surface area (Å²) < 4.78 is 45.4. The van der Waals surface area contributed by atoms with Crippen LogP contribution < -0.4 is 0 Å². The highest BCUT2D eigenvalue weighted by molar-refractivity contribution is 9.10. The average Bonchev–Trinajstić information content (AvgIpc) is 2.72. The van der Waals surface area contributed by atoms with E-state index in [1.54, 1.807) is 11.8 Å². The zero-order valence-corrected chi connectivity index (χ0v) is 14.9. The van der Waals surface area contributed by atoms with Crippen LogP contribution in [0.15, 0.2) is 4.47 Å². The molecular formula is C14H19BrF3N3O2. The van der Waals surface area contributed by atoms with Crippen molar-refractivity contribution in [3.63, 3.8) is 0 Å². The highest BCUT2D eigenvalue weighted by atomic mass is 79.9.